The Hall–Kier alpha value is -2.53. The number of rotatable bonds is 5. The average molecular weight is 264 g/mol. The molecule has 0 amide bonds. The molecule has 2 aromatic carbocycles. The van der Waals surface area contributed by atoms with E-state index in [9.17, 15) is 4.79 Å². The zero-order valence-corrected chi connectivity index (χ0v) is 11.4. The van der Waals surface area contributed by atoms with Gasteiger partial charge in [-0.3, -0.25) is 4.79 Å². The normalized spacial score (nSPS) is 9.80. The summed E-state index contributed by atoms with van der Waals surface area (Å²) in [6.45, 7) is 2.32. The molecule has 0 unspecified atom stereocenters. The van der Waals surface area contributed by atoms with Crippen LogP contribution in [0.4, 0.5) is 0 Å². The highest BCUT2D eigenvalue weighted by Gasteiger charge is 2.08. The molecule has 2 heteroatoms. The fourth-order valence-electron chi connectivity index (χ4n) is 1.89. The van der Waals surface area contributed by atoms with Crippen molar-refractivity contribution in [1.29, 1.82) is 0 Å². The molecular weight excluding hydrogens is 248 g/mol. The van der Waals surface area contributed by atoms with Gasteiger partial charge in [0.2, 0.25) is 0 Å². The van der Waals surface area contributed by atoms with Crippen LogP contribution >= 0.6 is 0 Å². The maximum atomic E-state index is 12.3. The molecule has 2 nitrogen and oxygen atoms in total. The number of hydrogen-bond donors (Lipinski definition) is 0. The molecule has 0 N–H and O–H groups in total. The Morgan fingerprint density at radius 1 is 1.05 bits per heavy atom. The molecule has 0 saturated heterocycles. The molecule has 0 fully saturated rings. The first-order valence-corrected chi connectivity index (χ1v) is 6.54. The van der Waals surface area contributed by atoms with Crippen LogP contribution in [0.1, 0.15) is 28.4 Å². The topological polar surface area (TPSA) is 26.3 Å². The first kappa shape index (κ1) is 13.9. The van der Waals surface area contributed by atoms with Gasteiger partial charge in [-0.2, -0.15) is 0 Å². The van der Waals surface area contributed by atoms with E-state index < -0.39 is 0 Å². The highest BCUT2D eigenvalue weighted by molar-refractivity contribution is 6.09. The molecule has 0 aromatic heterocycles. The summed E-state index contributed by atoms with van der Waals surface area (Å²) in [6.07, 6.45) is 6.09. The Morgan fingerprint density at radius 2 is 1.60 bits per heavy atom. The van der Waals surface area contributed by atoms with Gasteiger partial charge in [-0.25, -0.2) is 0 Å². The molecule has 0 radical (unpaired) electrons. The van der Waals surface area contributed by atoms with E-state index in [-0.39, 0.29) is 12.4 Å². The first-order chi connectivity index (χ1) is 9.74. The van der Waals surface area contributed by atoms with Gasteiger partial charge in [0.05, 0.1) is 0 Å². The fraction of sp³-hybridized carbons (Fsp3) is 0.167. The first-order valence-electron chi connectivity index (χ1n) is 6.54. The molecule has 0 aliphatic rings. The van der Waals surface area contributed by atoms with Gasteiger partial charge in [-0.1, -0.05) is 37.1 Å². The molecule has 0 spiro atoms. The Kier molecular flexibility index (Phi) is 4.57. The van der Waals surface area contributed by atoms with E-state index in [1.54, 1.807) is 24.3 Å². The van der Waals surface area contributed by atoms with Crippen LogP contribution in [0.2, 0.25) is 0 Å². The van der Waals surface area contributed by atoms with Crippen molar-refractivity contribution < 1.29 is 9.53 Å². The van der Waals surface area contributed by atoms with Crippen LogP contribution in [-0.4, -0.2) is 12.4 Å². The minimum absolute atomic E-state index is 0.0103. The summed E-state index contributed by atoms with van der Waals surface area (Å²) in [5.41, 5.74) is 2.56. The number of ether oxygens (including phenoxy) is 1. The zero-order chi connectivity index (χ0) is 14.4. The van der Waals surface area contributed by atoms with Crippen LogP contribution in [-0.2, 0) is 6.42 Å². The molecule has 0 atom stereocenters. The minimum Gasteiger partial charge on any atom is -0.481 e. The highest BCUT2D eigenvalue weighted by atomic mass is 16.5. The van der Waals surface area contributed by atoms with E-state index in [0.29, 0.717) is 16.9 Å². The summed E-state index contributed by atoms with van der Waals surface area (Å²) >= 11 is 0. The summed E-state index contributed by atoms with van der Waals surface area (Å²) in [7, 11) is 0. The van der Waals surface area contributed by atoms with Gasteiger partial charge in [0, 0.05) is 11.1 Å². The highest BCUT2D eigenvalue weighted by Crippen LogP contribution is 2.16. The van der Waals surface area contributed by atoms with E-state index in [1.807, 2.05) is 24.3 Å². The Labute approximate surface area is 119 Å². The number of aryl methyl sites for hydroxylation is 1. The largest absolute Gasteiger partial charge is 0.481 e. The predicted octanol–water partition coefficient (Wildman–Crippen LogP) is 3.49. The number of terminal acetylenes is 1. The van der Waals surface area contributed by atoms with Gasteiger partial charge in [-0.05, 0) is 36.2 Å². The zero-order valence-electron chi connectivity index (χ0n) is 11.4. The predicted molar refractivity (Wildman–Crippen MR) is 80.0 cm³/mol. The summed E-state index contributed by atoms with van der Waals surface area (Å²) in [6, 6.07) is 14.7. The molecule has 100 valence electrons. The molecule has 0 saturated carbocycles. The lowest BCUT2D eigenvalue weighted by atomic mass is 10.0. The van der Waals surface area contributed by atoms with E-state index in [0.717, 1.165) is 6.42 Å². The molecule has 0 aliphatic heterocycles. The van der Waals surface area contributed by atoms with Crippen molar-refractivity contribution >= 4 is 5.78 Å². The van der Waals surface area contributed by atoms with E-state index in [2.05, 4.69) is 12.8 Å². The summed E-state index contributed by atoms with van der Waals surface area (Å²) in [5.74, 6) is 3.08. The van der Waals surface area contributed by atoms with E-state index in [4.69, 9.17) is 11.2 Å². The van der Waals surface area contributed by atoms with Crippen LogP contribution in [0, 0.1) is 12.3 Å². The van der Waals surface area contributed by atoms with Crippen LogP contribution < -0.4 is 4.74 Å². The quantitative estimate of drug-likeness (QED) is 0.610. The van der Waals surface area contributed by atoms with Gasteiger partial charge in [0.15, 0.2) is 5.78 Å². The van der Waals surface area contributed by atoms with Crippen molar-refractivity contribution in [2.24, 2.45) is 0 Å². The molecule has 0 aliphatic carbocycles. The van der Waals surface area contributed by atoms with Crippen molar-refractivity contribution in [3.05, 3.63) is 65.2 Å². The lowest BCUT2D eigenvalue weighted by Gasteiger charge is -2.05. The van der Waals surface area contributed by atoms with Crippen LogP contribution in [0.15, 0.2) is 48.5 Å². The van der Waals surface area contributed by atoms with Crippen molar-refractivity contribution in [3.63, 3.8) is 0 Å². The second kappa shape index (κ2) is 6.58. The van der Waals surface area contributed by atoms with Gasteiger partial charge < -0.3 is 4.74 Å². The Balaban J connectivity index is 2.14. The number of carbonyl (C=O) groups is 1. The van der Waals surface area contributed by atoms with Crippen LogP contribution in [0.3, 0.4) is 0 Å². The molecular formula is C18H16O2. The maximum Gasteiger partial charge on any atom is 0.193 e. The van der Waals surface area contributed by atoms with E-state index >= 15 is 0 Å². The smallest absolute Gasteiger partial charge is 0.193 e. The number of hydrogen-bond acceptors (Lipinski definition) is 2. The Morgan fingerprint density at radius 3 is 2.10 bits per heavy atom. The second-order valence-corrected chi connectivity index (χ2v) is 4.40. The molecule has 0 bridgehead atoms. The third-order valence-corrected chi connectivity index (χ3v) is 3.06. The number of carbonyl (C=O) groups excluding carboxylic acids is 1. The fourth-order valence-corrected chi connectivity index (χ4v) is 1.89. The summed E-state index contributed by atoms with van der Waals surface area (Å²) in [5, 5.41) is 0. The standard InChI is InChI=1S/C18H16O2/c1-3-13-20-17-11-9-16(10-12-17)18(19)15-7-5-14(4-2)6-8-15/h1,5-12H,4,13H2,2H3. The Bertz CT molecular complexity index is 616. The summed E-state index contributed by atoms with van der Waals surface area (Å²) in [4.78, 5) is 12.3. The third kappa shape index (κ3) is 3.27. The lowest BCUT2D eigenvalue weighted by Crippen LogP contribution is -2.01. The second-order valence-electron chi connectivity index (χ2n) is 4.40. The molecule has 20 heavy (non-hydrogen) atoms. The summed E-state index contributed by atoms with van der Waals surface area (Å²) < 4.78 is 5.28. The third-order valence-electron chi connectivity index (χ3n) is 3.06. The lowest BCUT2D eigenvalue weighted by molar-refractivity contribution is 0.103. The van der Waals surface area contributed by atoms with Gasteiger partial charge in [-0.15, -0.1) is 6.42 Å². The number of ketones is 1. The average Bonchev–Trinajstić information content (AvgIpc) is 2.53. The van der Waals surface area contributed by atoms with Gasteiger partial charge in [0.1, 0.15) is 12.4 Å². The minimum atomic E-state index is 0.0103. The van der Waals surface area contributed by atoms with Crippen molar-refractivity contribution in [1.82, 2.24) is 0 Å². The van der Waals surface area contributed by atoms with Crippen LogP contribution in [0.5, 0.6) is 5.75 Å². The van der Waals surface area contributed by atoms with Crippen LogP contribution in [0.25, 0.3) is 0 Å². The molecule has 0 heterocycles. The van der Waals surface area contributed by atoms with Crippen molar-refractivity contribution in [2.45, 2.75) is 13.3 Å². The van der Waals surface area contributed by atoms with Crippen molar-refractivity contribution in [2.75, 3.05) is 6.61 Å². The number of benzene rings is 2. The monoisotopic (exact) mass is 264 g/mol. The molecule has 2 rings (SSSR count). The maximum absolute atomic E-state index is 12.3. The van der Waals surface area contributed by atoms with Gasteiger partial charge in [0.25, 0.3) is 0 Å². The van der Waals surface area contributed by atoms with Gasteiger partial charge >= 0.3 is 0 Å². The molecule has 2 aromatic rings. The van der Waals surface area contributed by atoms with E-state index in [1.165, 1.54) is 5.56 Å². The van der Waals surface area contributed by atoms with Crippen molar-refractivity contribution in [3.8, 4) is 18.1 Å². The SMILES string of the molecule is C#CCOc1ccc(C(=O)c2ccc(CC)cc2)cc1.